The number of fused-ring (bicyclic) bond motifs is 2. The number of hydrogen-bond acceptors (Lipinski definition) is 6. The Balaban J connectivity index is 1.47. The van der Waals surface area contributed by atoms with Gasteiger partial charge < -0.3 is 15.0 Å². The van der Waals surface area contributed by atoms with Crippen LogP contribution in [-0.4, -0.2) is 24.9 Å². The lowest BCUT2D eigenvalue weighted by Crippen LogP contribution is -2.11. The van der Waals surface area contributed by atoms with Gasteiger partial charge in [0.1, 0.15) is 30.0 Å². The van der Waals surface area contributed by atoms with Crippen LogP contribution >= 0.6 is 11.6 Å². The zero-order chi connectivity index (χ0) is 26.1. The Morgan fingerprint density at radius 2 is 1.87 bits per heavy atom. The van der Waals surface area contributed by atoms with Crippen molar-refractivity contribution in [3.8, 4) is 17.0 Å². The number of nitrogens with zero attached hydrogens (tertiary/aromatic N) is 4. The van der Waals surface area contributed by atoms with Gasteiger partial charge in [0, 0.05) is 16.5 Å². The molecule has 1 atom stereocenters. The molecule has 188 valence electrons. The van der Waals surface area contributed by atoms with Gasteiger partial charge in [-0.25, -0.2) is 24.3 Å². The zero-order valence-corrected chi connectivity index (χ0v) is 21.1. The highest BCUT2D eigenvalue weighted by atomic mass is 35.5. The van der Waals surface area contributed by atoms with E-state index in [0.717, 1.165) is 16.5 Å². The summed E-state index contributed by atoms with van der Waals surface area (Å²) >= 11 is 6.53. The SMILES string of the molecule is CC(Nc1ncnc2nc[nH]c12)c1cc2cccc(Cl)c2nc1-c1cc(F)ccc1OCc1ccccc1. The first-order valence-corrected chi connectivity index (χ1v) is 12.4. The fourth-order valence-electron chi connectivity index (χ4n) is 4.43. The second kappa shape index (κ2) is 10.1. The third-order valence-corrected chi connectivity index (χ3v) is 6.61. The number of rotatable bonds is 7. The minimum atomic E-state index is -0.394. The molecule has 7 nitrogen and oxygen atoms in total. The molecule has 0 aliphatic carbocycles. The maximum absolute atomic E-state index is 14.7. The van der Waals surface area contributed by atoms with E-state index in [0.29, 0.717) is 51.1 Å². The van der Waals surface area contributed by atoms with E-state index >= 15 is 0 Å². The first-order chi connectivity index (χ1) is 18.6. The third kappa shape index (κ3) is 4.62. The van der Waals surface area contributed by atoms with E-state index in [2.05, 4.69) is 25.3 Å². The van der Waals surface area contributed by atoms with Gasteiger partial charge in [0.15, 0.2) is 11.5 Å². The highest BCUT2D eigenvalue weighted by Crippen LogP contribution is 2.38. The van der Waals surface area contributed by atoms with Crippen molar-refractivity contribution in [1.29, 1.82) is 0 Å². The maximum atomic E-state index is 14.7. The first kappa shape index (κ1) is 23.8. The van der Waals surface area contributed by atoms with Crippen molar-refractivity contribution in [3.63, 3.8) is 0 Å². The highest BCUT2D eigenvalue weighted by molar-refractivity contribution is 6.35. The molecule has 0 spiro atoms. The molecule has 6 aromatic rings. The Kier molecular flexibility index (Phi) is 6.31. The van der Waals surface area contributed by atoms with Crippen molar-refractivity contribution in [2.24, 2.45) is 0 Å². The molecule has 3 aromatic heterocycles. The normalized spacial score (nSPS) is 12.1. The average Bonchev–Trinajstić information content (AvgIpc) is 3.43. The Morgan fingerprint density at radius 1 is 1.00 bits per heavy atom. The van der Waals surface area contributed by atoms with Crippen LogP contribution in [0.15, 0.2) is 85.5 Å². The van der Waals surface area contributed by atoms with E-state index < -0.39 is 5.82 Å². The van der Waals surface area contributed by atoms with E-state index in [1.165, 1.54) is 18.5 Å². The van der Waals surface area contributed by atoms with Crippen LogP contribution in [0.1, 0.15) is 24.1 Å². The van der Waals surface area contributed by atoms with Crippen molar-refractivity contribution in [1.82, 2.24) is 24.9 Å². The largest absolute Gasteiger partial charge is 0.488 e. The number of pyridine rings is 1. The van der Waals surface area contributed by atoms with Gasteiger partial charge in [-0.05, 0) is 42.8 Å². The van der Waals surface area contributed by atoms with Crippen LogP contribution in [0.25, 0.3) is 33.3 Å². The average molecular weight is 525 g/mol. The summed E-state index contributed by atoms with van der Waals surface area (Å²) in [7, 11) is 0. The number of aromatic amines is 1. The van der Waals surface area contributed by atoms with Gasteiger partial charge in [0.05, 0.1) is 28.6 Å². The molecule has 3 aromatic carbocycles. The van der Waals surface area contributed by atoms with Crippen LogP contribution in [0.4, 0.5) is 10.2 Å². The van der Waals surface area contributed by atoms with Crippen LogP contribution in [0.2, 0.25) is 5.02 Å². The topological polar surface area (TPSA) is 88.6 Å². The standard InChI is InChI=1S/C29H22ClFN6O/c1-17(36-29-27-28(33-15-32-27)34-16-35-29)21-12-19-8-5-9-23(30)25(19)37-26(21)22-13-20(31)10-11-24(22)38-14-18-6-3-2-4-7-18/h2-13,15-17H,14H2,1H3,(H2,32,33,34,35,36). The molecular formula is C29H22ClFN6O. The van der Waals surface area contributed by atoms with E-state index in [-0.39, 0.29) is 6.04 Å². The van der Waals surface area contributed by atoms with Gasteiger partial charge >= 0.3 is 0 Å². The lowest BCUT2D eigenvalue weighted by molar-refractivity contribution is 0.307. The summed E-state index contributed by atoms with van der Waals surface area (Å²) in [5.41, 5.74) is 4.77. The van der Waals surface area contributed by atoms with Crippen molar-refractivity contribution in [2.75, 3.05) is 5.32 Å². The molecule has 6 rings (SSSR count). The second-order valence-corrected chi connectivity index (χ2v) is 9.25. The number of halogens is 2. The van der Waals surface area contributed by atoms with Crippen molar-refractivity contribution in [2.45, 2.75) is 19.6 Å². The quantitative estimate of drug-likeness (QED) is 0.231. The molecule has 38 heavy (non-hydrogen) atoms. The Labute approximate surface area is 222 Å². The summed E-state index contributed by atoms with van der Waals surface area (Å²) in [6.45, 7) is 2.32. The minimum absolute atomic E-state index is 0.285. The predicted molar refractivity (Wildman–Crippen MR) is 147 cm³/mol. The summed E-state index contributed by atoms with van der Waals surface area (Å²) in [4.78, 5) is 20.8. The molecule has 0 aliphatic rings. The summed E-state index contributed by atoms with van der Waals surface area (Å²) in [5, 5.41) is 4.81. The third-order valence-electron chi connectivity index (χ3n) is 6.30. The molecule has 0 radical (unpaired) electrons. The fourth-order valence-corrected chi connectivity index (χ4v) is 4.65. The number of anilines is 1. The van der Waals surface area contributed by atoms with Gasteiger partial charge in [-0.1, -0.05) is 54.1 Å². The van der Waals surface area contributed by atoms with E-state index in [1.807, 2.05) is 55.5 Å². The molecule has 9 heteroatoms. The predicted octanol–water partition coefficient (Wildman–Crippen LogP) is 7.11. The van der Waals surface area contributed by atoms with Crippen LogP contribution in [0.3, 0.4) is 0 Å². The maximum Gasteiger partial charge on any atom is 0.182 e. The van der Waals surface area contributed by atoms with Gasteiger partial charge in [-0.2, -0.15) is 0 Å². The molecular weight excluding hydrogens is 503 g/mol. The molecule has 3 heterocycles. The van der Waals surface area contributed by atoms with E-state index in [4.69, 9.17) is 21.3 Å². The van der Waals surface area contributed by atoms with Gasteiger partial charge in [-0.3, -0.25) is 0 Å². The van der Waals surface area contributed by atoms with Crippen LogP contribution in [0, 0.1) is 5.82 Å². The summed E-state index contributed by atoms with van der Waals surface area (Å²) < 4.78 is 20.8. The molecule has 0 saturated carbocycles. The number of hydrogen-bond donors (Lipinski definition) is 2. The van der Waals surface area contributed by atoms with Crippen LogP contribution in [0.5, 0.6) is 5.75 Å². The van der Waals surface area contributed by atoms with E-state index in [9.17, 15) is 4.39 Å². The van der Waals surface area contributed by atoms with Crippen LogP contribution < -0.4 is 10.1 Å². The van der Waals surface area contributed by atoms with Crippen molar-refractivity contribution >= 4 is 39.5 Å². The molecule has 2 N–H and O–H groups in total. The van der Waals surface area contributed by atoms with Crippen LogP contribution in [-0.2, 0) is 6.61 Å². The zero-order valence-electron chi connectivity index (χ0n) is 20.3. The minimum Gasteiger partial charge on any atom is -0.488 e. The number of benzene rings is 3. The summed E-state index contributed by atoms with van der Waals surface area (Å²) in [5.74, 6) is 0.715. The number of ether oxygens (including phenoxy) is 1. The summed E-state index contributed by atoms with van der Waals surface area (Å²) in [6, 6.07) is 21.6. The van der Waals surface area contributed by atoms with Gasteiger partial charge in [0.25, 0.3) is 0 Å². The number of aromatic nitrogens is 5. The van der Waals surface area contributed by atoms with E-state index in [1.54, 1.807) is 18.5 Å². The number of para-hydroxylation sites is 1. The summed E-state index contributed by atoms with van der Waals surface area (Å²) in [6.07, 6.45) is 3.03. The van der Waals surface area contributed by atoms with Gasteiger partial charge in [-0.15, -0.1) is 0 Å². The van der Waals surface area contributed by atoms with Crippen molar-refractivity contribution in [3.05, 3.63) is 107 Å². The van der Waals surface area contributed by atoms with Crippen molar-refractivity contribution < 1.29 is 9.13 Å². The molecule has 1 unspecified atom stereocenters. The molecule has 0 amide bonds. The molecule has 0 aliphatic heterocycles. The second-order valence-electron chi connectivity index (χ2n) is 8.84. The lowest BCUT2D eigenvalue weighted by Gasteiger charge is -2.21. The fraction of sp³-hybridized carbons (Fsp3) is 0.103. The molecule has 0 bridgehead atoms. The van der Waals surface area contributed by atoms with Gasteiger partial charge in [0.2, 0.25) is 0 Å². The lowest BCUT2D eigenvalue weighted by atomic mass is 9.97. The Hall–Kier alpha value is -4.56. The monoisotopic (exact) mass is 524 g/mol. The smallest absolute Gasteiger partial charge is 0.182 e. The number of nitrogens with one attached hydrogen (secondary N) is 2. The first-order valence-electron chi connectivity index (χ1n) is 12.0. The highest BCUT2D eigenvalue weighted by Gasteiger charge is 2.21. The molecule has 0 saturated heterocycles. The number of imidazole rings is 1. The number of H-pyrrole nitrogens is 1. The Morgan fingerprint density at radius 3 is 2.74 bits per heavy atom. The Bertz CT molecular complexity index is 1760. The molecule has 0 fully saturated rings.